The van der Waals surface area contributed by atoms with E-state index in [1.807, 2.05) is 29.0 Å². The molecule has 0 bridgehead atoms. The van der Waals surface area contributed by atoms with Crippen LogP contribution in [-0.4, -0.2) is 15.3 Å². The van der Waals surface area contributed by atoms with Gasteiger partial charge in [-0.15, -0.1) is 12.4 Å². The zero-order chi connectivity index (χ0) is 16.8. The van der Waals surface area contributed by atoms with Crippen molar-refractivity contribution in [2.75, 3.05) is 0 Å². The normalized spacial score (nSPS) is 10.8. The maximum Gasteiger partial charge on any atom is 0.284 e. The summed E-state index contributed by atoms with van der Waals surface area (Å²) in [5.74, 6) is -0.869. The molecule has 0 atom stereocenters. The van der Waals surface area contributed by atoms with E-state index in [4.69, 9.17) is 4.42 Å². The fourth-order valence-corrected chi connectivity index (χ4v) is 2.71. The number of nitrogens with one attached hydrogen (secondary N) is 1. The van der Waals surface area contributed by atoms with Crippen molar-refractivity contribution in [2.24, 2.45) is 0 Å². The van der Waals surface area contributed by atoms with Crippen LogP contribution in [0.5, 0.6) is 0 Å². The van der Waals surface area contributed by atoms with E-state index in [0.29, 0.717) is 30.6 Å². The fraction of sp³-hybridized carbons (Fsp3) is 0.235. The van der Waals surface area contributed by atoms with Gasteiger partial charge in [0.05, 0.1) is 18.6 Å². The van der Waals surface area contributed by atoms with Gasteiger partial charge >= 0.3 is 0 Å². The lowest BCUT2D eigenvalue weighted by Crippen LogP contribution is -2.12. The molecule has 25 heavy (non-hydrogen) atoms. The molecular weight excluding hydrogens is 368 g/mol. The number of hydrogen-bond acceptors (Lipinski definition) is 4. The second-order valence-corrected chi connectivity index (χ2v) is 6.16. The smallest absolute Gasteiger partial charge is 0.284 e. The molecule has 0 aliphatic rings. The van der Waals surface area contributed by atoms with Gasteiger partial charge in [0.15, 0.2) is 0 Å². The van der Waals surface area contributed by atoms with E-state index in [1.54, 1.807) is 18.6 Å². The van der Waals surface area contributed by atoms with E-state index in [0.717, 1.165) is 17.0 Å². The number of halogens is 3. The molecule has 3 rings (SSSR count). The summed E-state index contributed by atoms with van der Waals surface area (Å²) in [4.78, 5) is 4.03. The molecule has 0 fully saturated rings. The zero-order valence-corrected chi connectivity index (χ0v) is 14.9. The summed E-state index contributed by atoms with van der Waals surface area (Å²) >= 11 is 0.565. The van der Waals surface area contributed by atoms with E-state index in [2.05, 4.69) is 22.4 Å². The van der Waals surface area contributed by atoms with Crippen LogP contribution in [-0.2, 0) is 18.8 Å². The molecule has 0 saturated heterocycles. The number of hydrogen-bond donors (Lipinski definition) is 1. The number of furan rings is 1. The van der Waals surface area contributed by atoms with Crippen LogP contribution in [0.1, 0.15) is 17.1 Å². The van der Waals surface area contributed by atoms with Crippen LogP contribution in [0.15, 0.2) is 59.5 Å². The summed E-state index contributed by atoms with van der Waals surface area (Å²) in [5.41, 5.74) is 2.21. The molecule has 2 aromatic heterocycles. The van der Waals surface area contributed by atoms with E-state index in [1.165, 1.54) is 0 Å². The molecule has 0 saturated carbocycles. The summed E-state index contributed by atoms with van der Waals surface area (Å²) in [7, 11) is 0. The van der Waals surface area contributed by atoms with Crippen LogP contribution in [0.2, 0.25) is 0 Å². The van der Waals surface area contributed by atoms with Crippen molar-refractivity contribution in [1.29, 1.82) is 0 Å². The van der Waals surface area contributed by atoms with E-state index in [-0.39, 0.29) is 18.2 Å². The highest BCUT2D eigenvalue weighted by molar-refractivity contribution is 7.98. The number of rotatable bonds is 8. The van der Waals surface area contributed by atoms with Crippen LogP contribution in [0.3, 0.4) is 0 Å². The predicted octanol–water partition coefficient (Wildman–Crippen LogP) is 4.63. The maximum atomic E-state index is 12.1. The lowest BCUT2D eigenvalue weighted by molar-refractivity contribution is 0.251. The summed E-state index contributed by atoms with van der Waals surface area (Å²) in [6.07, 6.45) is 5.40. The molecule has 0 unspecified atom stereocenters. The number of thioether (sulfide) groups is 1. The van der Waals surface area contributed by atoms with E-state index >= 15 is 0 Å². The lowest BCUT2D eigenvalue weighted by atomic mass is 10.2. The SMILES string of the molecule is Cl.FC(F)SCc1ccc(CNCc2ccc(-n3ccnc3)cc2)o1. The number of benzene rings is 1. The van der Waals surface area contributed by atoms with Gasteiger partial charge < -0.3 is 14.3 Å². The third-order valence-corrected chi connectivity index (χ3v) is 4.14. The lowest BCUT2D eigenvalue weighted by Gasteiger charge is -2.06. The average molecular weight is 386 g/mol. The van der Waals surface area contributed by atoms with Gasteiger partial charge in [-0.25, -0.2) is 4.98 Å². The Balaban J connectivity index is 0.00000225. The highest BCUT2D eigenvalue weighted by Crippen LogP contribution is 2.21. The molecular formula is C17H18ClF2N3OS. The first-order valence-corrected chi connectivity index (χ1v) is 8.51. The Morgan fingerprint density at radius 2 is 1.84 bits per heavy atom. The van der Waals surface area contributed by atoms with Gasteiger partial charge in [0.2, 0.25) is 0 Å². The molecule has 0 radical (unpaired) electrons. The first-order chi connectivity index (χ1) is 11.7. The molecule has 8 heteroatoms. The summed E-state index contributed by atoms with van der Waals surface area (Å²) in [6, 6.07) is 11.7. The number of imidazole rings is 1. The minimum Gasteiger partial charge on any atom is -0.464 e. The second kappa shape index (κ2) is 9.60. The van der Waals surface area contributed by atoms with Gasteiger partial charge in [0.1, 0.15) is 11.5 Å². The van der Waals surface area contributed by atoms with Gasteiger partial charge in [0, 0.05) is 24.6 Å². The maximum absolute atomic E-state index is 12.1. The van der Waals surface area contributed by atoms with Gasteiger partial charge in [-0.1, -0.05) is 23.9 Å². The Hall–Kier alpha value is -1.83. The Labute approximate surface area is 155 Å². The zero-order valence-electron chi connectivity index (χ0n) is 13.3. The number of aromatic nitrogens is 2. The molecule has 134 valence electrons. The molecule has 1 N–H and O–H groups in total. The minimum atomic E-state index is -2.37. The van der Waals surface area contributed by atoms with Gasteiger partial charge in [0.25, 0.3) is 5.76 Å². The average Bonchev–Trinajstić information content (AvgIpc) is 3.25. The highest BCUT2D eigenvalue weighted by Gasteiger charge is 2.07. The summed E-state index contributed by atoms with van der Waals surface area (Å²) in [6.45, 7) is 1.26. The van der Waals surface area contributed by atoms with Gasteiger partial charge in [-0.2, -0.15) is 8.78 Å². The van der Waals surface area contributed by atoms with Crippen molar-refractivity contribution in [3.8, 4) is 5.69 Å². The largest absolute Gasteiger partial charge is 0.464 e. The molecule has 1 aromatic carbocycles. The second-order valence-electron chi connectivity index (χ2n) is 5.18. The minimum absolute atomic E-state index is 0. The number of nitrogens with zero attached hydrogens (tertiary/aromatic N) is 2. The third-order valence-electron chi connectivity index (χ3n) is 3.44. The van der Waals surface area contributed by atoms with Crippen LogP contribution in [0.4, 0.5) is 8.78 Å². The van der Waals surface area contributed by atoms with E-state index < -0.39 is 5.76 Å². The van der Waals surface area contributed by atoms with Crippen molar-refractivity contribution in [3.63, 3.8) is 0 Å². The van der Waals surface area contributed by atoms with Crippen molar-refractivity contribution in [2.45, 2.75) is 24.6 Å². The Morgan fingerprint density at radius 3 is 2.52 bits per heavy atom. The topological polar surface area (TPSA) is 43.0 Å². The first kappa shape index (κ1) is 19.5. The molecule has 0 amide bonds. The molecule has 0 aliphatic carbocycles. The van der Waals surface area contributed by atoms with Crippen LogP contribution in [0.25, 0.3) is 5.69 Å². The third kappa shape index (κ3) is 5.88. The van der Waals surface area contributed by atoms with Crippen LogP contribution >= 0.6 is 24.2 Å². The summed E-state index contributed by atoms with van der Waals surface area (Å²) < 4.78 is 31.7. The molecule has 3 aromatic rings. The quantitative estimate of drug-likeness (QED) is 0.613. The van der Waals surface area contributed by atoms with Crippen molar-refractivity contribution in [1.82, 2.24) is 14.9 Å². The van der Waals surface area contributed by atoms with E-state index in [9.17, 15) is 8.78 Å². The van der Waals surface area contributed by atoms with Crippen LogP contribution in [0, 0.1) is 0 Å². The standard InChI is InChI=1S/C17H17F2N3OS.ClH/c18-17(19)24-11-16-6-5-15(23-16)10-21-9-13-1-3-14(4-2-13)22-8-7-20-12-22;/h1-8,12,17,21H,9-11H2;1H. The first-order valence-electron chi connectivity index (χ1n) is 7.46. The van der Waals surface area contributed by atoms with Gasteiger partial charge in [-0.3, -0.25) is 0 Å². The molecule has 0 aliphatic heterocycles. The predicted molar refractivity (Wildman–Crippen MR) is 97.4 cm³/mol. The fourth-order valence-electron chi connectivity index (χ4n) is 2.27. The Kier molecular flexibility index (Phi) is 7.49. The van der Waals surface area contributed by atoms with Crippen LogP contribution < -0.4 is 5.32 Å². The Bertz CT molecular complexity index is 748. The summed E-state index contributed by atoms with van der Waals surface area (Å²) in [5, 5.41) is 3.28. The van der Waals surface area contributed by atoms with Crippen molar-refractivity contribution >= 4 is 24.2 Å². The molecule has 4 nitrogen and oxygen atoms in total. The van der Waals surface area contributed by atoms with Crippen molar-refractivity contribution < 1.29 is 13.2 Å². The monoisotopic (exact) mass is 385 g/mol. The number of alkyl halides is 2. The van der Waals surface area contributed by atoms with Gasteiger partial charge in [-0.05, 0) is 29.8 Å². The Morgan fingerprint density at radius 1 is 1.08 bits per heavy atom. The molecule has 0 spiro atoms. The highest BCUT2D eigenvalue weighted by atomic mass is 35.5. The molecule has 2 heterocycles. The van der Waals surface area contributed by atoms with Crippen molar-refractivity contribution in [3.05, 3.63) is 72.2 Å².